The predicted molar refractivity (Wildman–Crippen MR) is 78.5 cm³/mol. The normalized spacial score (nSPS) is 10.9. The first-order chi connectivity index (χ1) is 10.2. The van der Waals surface area contributed by atoms with Crippen LogP contribution in [-0.4, -0.2) is 60.6 Å². The molecule has 21 heavy (non-hydrogen) atoms. The molecule has 0 atom stereocenters. The lowest BCUT2D eigenvalue weighted by Crippen LogP contribution is -2.35. The number of hydrogen-bond donors (Lipinski definition) is 2. The molecule has 0 unspecified atom stereocenters. The summed E-state index contributed by atoms with van der Waals surface area (Å²) in [4.78, 5) is 18.9. The maximum absolute atomic E-state index is 9.22. The van der Waals surface area contributed by atoms with Crippen LogP contribution >= 0.6 is 0 Å². The first kappa shape index (κ1) is 15.1. The van der Waals surface area contributed by atoms with E-state index >= 15 is 0 Å². The summed E-state index contributed by atoms with van der Waals surface area (Å²) in [6.07, 6.45) is 2.95. The van der Waals surface area contributed by atoms with E-state index in [-0.39, 0.29) is 12.6 Å². The molecule has 2 N–H and O–H groups in total. The van der Waals surface area contributed by atoms with Crippen LogP contribution in [0.15, 0.2) is 12.7 Å². The summed E-state index contributed by atoms with van der Waals surface area (Å²) in [6, 6.07) is 0.151. The summed E-state index contributed by atoms with van der Waals surface area (Å²) in [5.74, 6) is 1.35. The molecule has 0 aliphatic rings. The second-order valence-electron chi connectivity index (χ2n) is 4.64. The third kappa shape index (κ3) is 3.63. The number of anilines is 2. The summed E-state index contributed by atoms with van der Waals surface area (Å²) < 4.78 is 1.48. The molecule has 9 nitrogen and oxygen atoms in total. The molecule has 0 saturated carbocycles. The van der Waals surface area contributed by atoms with Crippen molar-refractivity contribution in [3.8, 4) is 5.95 Å². The van der Waals surface area contributed by atoms with E-state index < -0.39 is 0 Å². The standard InChI is InChI=1S/C12H20N8O/c1-4-14-10-16-11(19(5-6-21)9(2)3)18-12(17-10)20-8-13-7-15-20/h7-9,21H,4-6H2,1-3H3,(H,14,16,17,18). The average molecular weight is 292 g/mol. The lowest BCUT2D eigenvalue weighted by atomic mass is 10.3. The van der Waals surface area contributed by atoms with Crippen molar-refractivity contribution in [3.63, 3.8) is 0 Å². The maximum Gasteiger partial charge on any atom is 0.258 e. The number of aliphatic hydroxyl groups excluding tert-OH is 1. The number of nitrogens with one attached hydrogen (secondary N) is 1. The fraction of sp³-hybridized carbons (Fsp3) is 0.583. The Morgan fingerprint density at radius 2 is 2.14 bits per heavy atom. The first-order valence-electron chi connectivity index (χ1n) is 6.88. The number of aromatic nitrogens is 6. The van der Waals surface area contributed by atoms with Crippen LogP contribution in [0.5, 0.6) is 0 Å². The minimum atomic E-state index is 0.0268. The molecule has 0 fully saturated rings. The van der Waals surface area contributed by atoms with E-state index in [1.807, 2.05) is 25.7 Å². The molecule has 0 bridgehead atoms. The van der Waals surface area contributed by atoms with Gasteiger partial charge in [0.05, 0.1) is 6.61 Å². The van der Waals surface area contributed by atoms with Gasteiger partial charge < -0.3 is 15.3 Å². The molecule has 2 aromatic rings. The third-order valence-corrected chi connectivity index (χ3v) is 2.79. The Kier molecular flexibility index (Phi) is 4.99. The van der Waals surface area contributed by atoms with E-state index in [0.29, 0.717) is 30.9 Å². The van der Waals surface area contributed by atoms with Gasteiger partial charge in [-0.25, -0.2) is 4.98 Å². The largest absolute Gasteiger partial charge is 0.395 e. The monoisotopic (exact) mass is 292 g/mol. The highest BCUT2D eigenvalue weighted by atomic mass is 16.3. The molecule has 0 amide bonds. The van der Waals surface area contributed by atoms with Crippen molar-refractivity contribution in [3.05, 3.63) is 12.7 Å². The summed E-state index contributed by atoms with van der Waals surface area (Å²) in [5.41, 5.74) is 0. The van der Waals surface area contributed by atoms with Gasteiger partial charge in [-0.15, -0.1) is 0 Å². The van der Waals surface area contributed by atoms with Gasteiger partial charge in [-0.3, -0.25) is 0 Å². The molecule has 0 aliphatic heterocycles. The van der Waals surface area contributed by atoms with Crippen molar-refractivity contribution in [2.24, 2.45) is 0 Å². The van der Waals surface area contributed by atoms with Crippen LogP contribution in [0.4, 0.5) is 11.9 Å². The summed E-state index contributed by atoms with van der Waals surface area (Å²) >= 11 is 0. The highest BCUT2D eigenvalue weighted by molar-refractivity contribution is 5.40. The van der Waals surface area contributed by atoms with Crippen LogP contribution in [0.1, 0.15) is 20.8 Å². The molecule has 9 heteroatoms. The van der Waals surface area contributed by atoms with Crippen LogP contribution in [0.3, 0.4) is 0 Å². The molecule has 0 aromatic carbocycles. The number of hydrogen-bond acceptors (Lipinski definition) is 8. The van der Waals surface area contributed by atoms with Crippen LogP contribution < -0.4 is 10.2 Å². The minimum Gasteiger partial charge on any atom is -0.395 e. The number of nitrogens with zero attached hydrogens (tertiary/aromatic N) is 7. The van der Waals surface area contributed by atoms with Crippen LogP contribution in [0.2, 0.25) is 0 Å². The Balaban J connectivity index is 2.44. The zero-order chi connectivity index (χ0) is 15.2. The van der Waals surface area contributed by atoms with Crippen LogP contribution in [0, 0.1) is 0 Å². The maximum atomic E-state index is 9.22. The summed E-state index contributed by atoms with van der Waals surface area (Å²) in [5, 5.41) is 16.3. The highest BCUT2D eigenvalue weighted by Gasteiger charge is 2.16. The fourth-order valence-electron chi connectivity index (χ4n) is 1.83. The zero-order valence-corrected chi connectivity index (χ0v) is 12.4. The van der Waals surface area contributed by atoms with Crippen molar-refractivity contribution < 1.29 is 5.11 Å². The van der Waals surface area contributed by atoms with Gasteiger partial charge in [0.1, 0.15) is 12.7 Å². The van der Waals surface area contributed by atoms with Gasteiger partial charge in [-0.2, -0.15) is 24.7 Å². The second-order valence-corrected chi connectivity index (χ2v) is 4.64. The van der Waals surface area contributed by atoms with Crippen molar-refractivity contribution in [1.82, 2.24) is 29.7 Å². The quantitative estimate of drug-likeness (QED) is 0.740. The minimum absolute atomic E-state index is 0.0268. The van der Waals surface area contributed by atoms with Crippen molar-refractivity contribution in [2.45, 2.75) is 26.8 Å². The van der Waals surface area contributed by atoms with Gasteiger partial charge in [0, 0.05) is 19.1 Å². The number of rotatable bonds is 7. The Bertz CT molecular complexity index is 556. The van der Waals surface area contributed by atoms with Gasteiger partial charge in [-0.1, -0.05) is 0 Å². The van der Waals surface area contributed by atoms with Crippen LogP contribution in [-0.2, 0) is 0 Å². The molecule has 114 valence electrons. The lowest BCUT2D eigenvalue weighted by molar-refractivity contribution is 0.298. The van der Waals surface area contributed by atoms with Gasteiger partial charge >= 0.3 is 0 Å². The molecule has 0 saturated heterocycles. The summed E-state index contributed by atoms with van der Waals surface area (Å²) in [6.45, 7) is 7.17. The van der Waals surface area contributed by atoms with E-state index in [2.05, 4.69) is 30.4 Å². The first-order valence-corrected chi connectivity index (χ1v) is 6.88. The SMILES string of the molecule is CCNc1nc(N(CCO)C(C)C)nc(-n2cncn2)n1. The average Bonchev–Trinajstić information content (AvgIpc) is 2.98. The van der Waals surface area contributed by atoms with Gasteiger partial charge in [0.2, 0.25) is 11.9 Å². The Morgan fingerprint density at radius 1 is 1.33 bits per heavy atom. The molecule has 0 radical (unpaired) electrons. The van der Waals surface area contributed by atoms with E-state index in [1.165, 1.54) is 17.3 Å². The van der Waals surface area contributed by atoms with Crippen molar-refractivity contribution >= 4 is 11.9 Å². The van der Waals surface area contributed by atoms with Crippen LogP contribution in [0.25, 0.3) is 5.95 Å². The Hall–Kier alpha value is -2.29. The molecule has 0 spiro atoms. The van der Waals surface area contributed by atoms with Gasteiger partial charge in [0.15, 0.2) is 0 Å². The van der Waals surface area contributed by atoms with Gasteiger partial charge in [-0.05, 0) is 20.8 Å². The third-order valence-electron chi connectivity index (χ3n) is 2.79. The van der Waals surface area contributed by atoms with E-state index in [9.17, 15) is 5.11 Å². The summed E-state index contributed by atoms with van der Waals surface area (Å²) in [7, 11) is 0. The van der Waals surface area contributed by atoms with E-state index in [0.717, 1.165) is 0 Å². The topological polar surface area (TPSA) is 105 Å². The fourth-order valence-corrected chi connectivity index (χ4v) is 1.83. The smallest absolute Gasteiger partial charge is 0.258 e. The highest BCUT2D eigenvalue weighted by Crippen LogP contribution is 2.15. The number of aliphatic hydroxyl groups is 1. The second kappa shape index (κ2) is 6.93. The predicted octanol–water partition coefficient (Wildman–Crippen LogP) is 0.0912. The lowest BCUT2D eigenvalue weighted by Gasteiger charge is -2.26. The zero-order valence-electron chi connectivity index (χ0n) is 12.4. The Morgan fingerprint density at radius 3 is 2.71 bits per heavy atom. The molecule has 2 heterocycles. The molecule has 2 aromatic heterocycles. The van der Waals surface area contributed by atoms with Crippen molar-refractivity contribution in [1.29, 1.82) is 0 Å². The molecular formula is C12H20N8O. The Labute approximate surface area is 123 Å². The van der Waals surface area contributed by atoms with Crippen molar-refractivity contribution in [2.75, 3.05) is 29.9 Å². The molecule has 0 aliphatic carbocycles. The van der Waals surface area contributed by atoms with Gasteiger partial charge in [0.25, 0.3) is 5.95 Å². The van der Waals surface area contributed by atoms with E-state index in [1.54, 1.807) is 0 Å². The molecular weight excluding hydrogens is 272 g/mol. The van der Waals surface area contributed by atoms with E-state index in [4.69, 9.17) is 0 Å². The molecule has 2 rings (SSSR count).